The highest BCUT2D eigenvalue weighted by Gasteiger charge is 2.43. The molecule has 0 unspecified atom stereocenters. The Bertz CT molecular complexity index is 398. The summed E-state index contributed by atoms with van der Waals surface area (Å²) in [4.78, 5) is 10.7. The maximum Gasteiger partial charge on any atom is 0.358 e. The van der Waals surface area contributed by atoms with Crippen LogP contribution in [0.25, 0.3) is 0 Å². The predicted octanol–water partition coefficient (Wildman–Crippen LogP) is -1.81. The van der Waals surface area contributed by atoms with E-state index in [0.717, 1.165) is 6.07 Å². The Labute approximate surface area is 89.9 Å². The Kier molecular flexibility index (Phi) is 3.01. The van der Waals surface area contributed by atoms with E-state index in [-0.39, 0.29) is 5.69 Å². The monoisotopic (exact) mass is 229 g/mol. The minimum absolute atomic E-state index is 0.196. The van der Waals surface area contributed by atoms with E-state index in [4.69, 9.17) is 9.84 Å². The standard InChI is InChI=1S/C9H11NO6/c11-3-5-7(13)8(14)9(15-5)4-1-2-6(12)16-10-4/h1-2,5,7-9,11,13-14H,3H2/t5-,7-,8-,9+/m1/s1. The first-order valence-electron chi connectivity index (χ1n) is 4.73. The smallest absolute Gasteiger partial charge is 0.358 e. The molecular formula is C9H11NO6. The fourth-order valence-corrected chi connectivity index (χ4v) is 1.60. The maximum absolute atomic E-state index is 10.7. The first-order valence-corrected chi connectivity index (χ1v) is 4.73. The normalized spacial score (nSPS) is 34.2. The topological polar surface area (TPSA) is 113 Å². The van der Waals surface area contributed by atoms with Gasteiger partial charge in [0.1, 0.15) is 30.1 Å². The number of aliphatic hydroxyl groups excluding tert-OH is 3. The van der Waals surface area contributed by atoms with E-state index in [0.29, 0.717) is 0 Å². The van der Waals surface area contributed by atoms with E-state index < -0.39 is 36.6 Å². The van der Waals surface area contributed by atoms with Gasteiger partial charge in [-0.25, -0.2) is 4.79 Å². The lowest BCUT2D eigenvalue weighted by atomic mass is 10.1. The average Bonchev–Trinajstić information content (AvgIpc) is 2.57. The number of ether oxygens (including phenoxy) is 1. The molecule has 16 heavy (non-hydrogen) atoms. The van der Waals surface area contributed by atoms with Crippen molar-refractivity contribution in [2.24, 2.45) is 0 Å². The van der Waals surface area contributed by atoms with E-state index in [1.165, 1.54) is 6.07 Å². The van der Waals surface area contributed by atoms with Gasteiger partial charge in [-0.05, 0) is 6.07 Å². The second-order valence-corrected chi connectivity index (χ2v) is 3.52. The highest BCUT2D eigenvalue weighted by Crippen LogP contribution is 2.31. The predicted molar refractivity (Wildman–Crippen MR) is 49.5 cm³/mol. The van der Waals surface area contributed by atoms with Crippen LogP contribution in [0.3, 0.4) is 0 Å². The van der Waals surface area contributed by atoms with Gasteiger partial charge in [0.05, 0.1) is 6.61 Å². The summed E-state index contributed by atoms with van der Waals surface area (Å²) in [6.07, 6.45) is -4.17. The van der Waals surface area contributed by atoms with Crippen molar-refractivity contribution in [3.05, 3.63) is 28.2 Å². The zero-order valence-electron chi connectivity index (χ0n) is 8.18. The molecule has 3 N–H and O–H groups in total. The Morgan fingerprint density at radius 1 is 1.31 bits per heavy atom. The van der Waals surface area contributed by atoms with Gasteiger partial charge in [-0.3, -0.25) is 0 Å². The zero-order valence-corrected chi connectivity index (χ0v) is 8.18. The summed E-state index contributed by atoms with van der Waals surface area (Å²) in [5.41, 5.74) is -0.419. The molecule has 2 heterocycles. The molecule has 1 saturated heterocycles. The van der Waals surface area contributed by atoms with Crippen molar-refractivity contribution >= 4 is 0 Å². The fourth-order valence-electron chi connectivity index (χ4n) is 1.60. The fraction of sp³-hybridized carbons (Fsp3) is 0.556. The lowest BCUT2D eigenvalue weighted by Gasteiger charge is -2.12. The molecule has 0 saturated carbocycles. The van der Waals surface area contributed by atoms with E-state index >= 15 is 0 Å². The van der Waals surface area contributed by atoms with Crippen LogP contribution in [0.5, 0.6) is 0 Å². The third kappa shape index (κ3) is 1.85. The summed E-state index contributed by atoms with van der Waals surface area (Å²) in [7, 11) is 0. The first-order chi connectivity index (χ1) is 7.63. The molecule has 0 amide bonds. The van der Waals surface area contributed by atoms with Crippen molar-refractivity contribution in [2.75, 3.05) is 6.61 Å². The van der Waals surface area contributed by atoms with Crippen molar-refractivity contribution in [2.45, 2.75) is 24.4 Å². The lowest BCUT2D eigenvalue weighted by molar-refractivity contribution is -0.0255. The summed E-state index contributed by atoms with van der Waals surface area (Å²) in [5.74, 6) is 0. The van der Waals surface area contributed by atoms with Crippen molar-refractivity contribution in [1.29, 1.82) is 0 Å². The Morgan fingerprint density at radius 2 is 2.06 bits per heavy atom. The zero-order chi connectivity index (χ0) is 11.7. The van der Waals surface area contributed by atoms with Crippen LogP contribution in [0.2, 0.25) is 0 Å². The molecule has 7 nitrogen and oxygen atoms in total. The molecular weight excluding hydrogens is 218 g/mol. The molecule has 1 fully saturated rings. The molecule has 1 aliphatic heterocycles. The van der Waals surface area contributed by atoms with Crippen LogP contribution in [0, 0.1) is 0 Å². The van der Waals surface area contributed by atoms with E-state index in [2.05, 4.69) is 9.68 Å². The van der Waals surface area contributed by atoms with Gasteiger partial charge in [-0.15, -0.1) is 0 Å². The largest absolute Gasteiger partial charge is 0.394 e. The molecule has 7 heteroatoms. The minimum atomic E-state index is -1.21. The quantitative estimate of drug-likeness (QED) is 0.547. The van der Waals surface area contributed by atoms with Gasteiger partial charge in [0, 0.05) is 6.07 Å². The van der Waals surface area contributed by atoms with Crippen molar-refractivity contribution in [3.63, 3.8) is 0 Å². The van der Waals surface area contributed by atoms with Gasteiger partial charge in [0.25, 0.3) is 0 Å². The third-order valence-electron chi connectivity index (χ3n) is 2.47. The number of nitrogens with zero attached hydrogens (tertiary/aromatic N) is 1. The van der Waals surface area contributed by atoms with Gasteiger partial charge in [-0.2, -0.15) is 0 Å². The van der Waals surface area contributed by atoms with Gasteiger partial charge in [0.2, 0.25) is 0 Å². The second kappa shape index (κ2) is 4.30. The summed E-state index contributed by atoms with van der Waals surface area (Å²) < 4.78 is 9.57. The molecule has 0 radical (unpaired) electrons. The molecule has 88 valence electrons. The molecule has 4 atom stereocenters. The summed E-state index contributed by atoms with van der Waals surface area (Å²) in [5, 5.41) is 31.4. The molecule has 0 aromatic carbocycles. The van der Waals surface area contributed by atoms with Gasteiger partial charge >= 0.3 is 5.63 Å². The summed E-state index contributed by atoms with van der Waals surface area (Å²) in [6, 6.07) is 2.48. The van der Waals surface area contributed by atoms with Crippen LogP contribution in [-0.2, 0) is 4.74 Å². The molecule has 1 aromatic rings. The highest BCUT2D eigenvalue weighted by atomic mass is 16.6. The van der Waals surface area contributed by atoms with Crippen molar-refractivity contribution < 1.29 is 24.6 Å². The van der Waals surface area contributed by atoms with Gasteiger partial charge < -0.3 is 24.6 Å². The van der Waals surface area contributed by atoms with Crippen LogP contribution in [0.4, 0.5) is 0 Å². The molecule has 0 spiro atoms. The number of hydrogen-bond donors (Lipinski definition) is 3. The Hall–Kier alpha value is -1.28. The maximum atomic E-state index is 10.7. The van der Waals surface area contributed by atoms with Crippen LogP contribution in [0.15, 0.2) is 21.5 Å². The van der Waals surface area contributed by atoms with E-state index in [1.54, 1.807) is 0 Å². The summed E-state index contributed by atoms with van der Waals surface area (Å²) >= 11 is 0. The van der Waals surface area contributed by atoms with Crippen LogP contribution in [0.1, 0.15) is 11.8 Å². The number of aliphatic hydroxyl groups is 3. The lowest BCUT2D eigenvalue weighted by Crippen LogP contribution is -2.32. The number of rotatable bonds is 2. The number of hydrogen-bond acceptors (Lipinski definition) is 7. The molecule has 1 aromatic heterocycles. The molecule has 0 aliphatic carbocycles. The molecule has 2 rings (SSSR count). The van der Waals surface area contributed by atoms with E-state index in [1.807, 2.05) is 0 Å². The Balaban J connectivity index is 2.22. The Morgan fingerprint density at radius 3 is 2.56 bits per heavy atom. The molecule has 1 aliphatic rings. The third-order valence-corrected chi connectivity index (χ3v) is 2.47. The van der Waals surface area contributed by atoms with Crippen molar-refractivity contribution in [1.82, 2.24) is 5.16 Å². The van der Waals surface area contributed by atoms with Crippen LogP contribution >= 0.6 is 0 Å². The average molecular weight is 229 g/mol. The van der Waals surface area contributed by atoms with Crippen molar-refractivity contribution in [3.8, 4) is 0 Å². The van der Waals surface area contributed by atoms with Crippen LogP contribution in [-0.4, -0.2) is 45.4 Å². The number of aromatic nitrogens is 1. The molecule has 0 bridgehead atoms. The minimum Gasteiger partial charge on any atom is -0.394 e. The van der Waals surface area contributed by atoms with Gasteiger partial charge in [0.15, 0.2) is 0 Å². The second-order valence-electron chi connectivity index (χ2n) is 3.52. The van der Waals surface area contributed by atoms with Crippen LogP contribution < -0.4 is 5.63 Å². The van der Waals surface area contributed by atoms with Gasteiger partial charge in [-0.1, -0.05) is 5.16 Å². The SMILES string of the molecule is O=c1ccc([C@@H]2O[C@H](CO)[C@@H](O)[C@H]2O)no1. The van der Waals surface area contributed by atoms with E-state index in [9.17, 15) is 15.0 Å². The first kappa shape index (κ1) is 11.2. The summed E-state index contributed by atoms with van der Waals surface area (Å²) in [6.45, 7) is -0.411. The highest BCUT2D eigenvalue weighted by molar-refractivity contribution is 5.08.